The number of hydrogen-bond acceptors (Lipinski definition) is 5. The number of carbonyl (C=O) groups excluding carboxylic acids is 1. The maximum Gasteiger partial charge on any atom is 0.225 e. The van der Waals surface area contributed by atoms with Gasteiger partial charge < -0.3 is 14.5 Å². The van der Waals surface area contributed by atoms with Gasteiger partial charge in [0.15, 0.2) is 9.84 Å². The second-order valence-corrected chi connectivity index (χ2v) is 8.43. The topological polar surface area (TPSA) is 85.6 Å². The molecule has 1 N–H and O–H groups in total. The van der Waals surface area contributed by atoms with Crippen molar-refractivity contribution in [2.75, 3.05) is 18.6 Å². The number of sulfone groups is 1. The van der Waals surface area contributed by atoms with Crippen LogP contribution in [0.5, 0.6) is 5.75 Å². The van der Waals surface area contributed by atoms with Gasteiger partial charge in [-0.25, -0.2) is 8.42 Å². The van der Waals surface area contributed by atoms with Gasteiger partial charge in [-0.3, -0.25) is 4.79 Å². The SMILES string of the molecule is COc1ccc2c(CC(=O)N[C@]3(C)CCS(=O)(=O)C3)coc2c1. The fourth-order valence-electron chi connectivity index (χ4n) is 2.99. The Balaban J connectivity index is 1.73. The monoisotopic (exact) mass is 337 g/mol. The highest BCUT2D eigenvalue weighted by Gasteiger charge is 2.39. The van der Waals surface area contributed by atoms with Gasteiger partial charge in [-0.05, 0) is 25.5 Å². The van der Waals surface area contributed by atoms with Crippen LogP contribution in [0.2, 0.25) is 0 Å². The van der Waals surface area contributed by atoms with Crippen molar-refractivity contribution < 1.29 is 22.4 Å². The first-order valence-electron chi connectivity index (χ1n) is 7.36. The molecule has 2 aromatic rings. The van der Waals surface area contributed by atoms with Gasteiger partial charge in [-0.15, -0.1) is 0 Å². The molecule has 1 fully saturated rings. The lowest BCUT2D eigenvalue weighted by atomic mass is 10.0. The van der Waals surface area contributed by atoms with Gasteiger partial charge in [-0.1, -0.05) is 0 Å². The summed E-state index contributed by atoms with van der Waals surface area (Å²) in [6.07, 6.45) is 2.15. The van der Waals surface area contributed by atoms with Gasteiger partial charge in [0.25, 0.3) is 0 Å². The lowest BCUT2D eigenvalue weighted by molar-refractivity contribution is -0.121. The van der Waals surface area contributed by atoms with Crippen molar-refractivity contribution in [1.82, 2.24) is 5.32 Å². The molecule has 23 heavy (non-hydrogen) atoms. The number of fused-ring (bicyclic) bond motifs is 1. The van der Waals surface area contributed by atoms with E-state index in [1.807, 2.05) is 12.1 Å². The largest absolute Gasteiger partial charge is 0.497 e. The molecule has 6 nitrogen and oxygen atoms in total. The Hall–Kier alpha value is -2.02. The first kappa shape index (κ1) is 15.9. The molecule has 2 heterocycles. The van der Waals surface area contributed by atoms with Gasteiger partial charge >= 0.3 is 0 Å². The highest BCUT2D eigenvalue weighted by molar-refractivity contribution is 7.91. The predicted molar refractivity (Wildman–Crippen MR) is 86.3 cm³/mol. The predicted octanol–water partition coefficient (Wildman–Crippen LogP) is 1.68. The van der Waals surface area contributed by atoms with Crippen LogP contribution in [0.3, 0.4) is 0 Å². The average Bonchev–Trinajstić information content (AvgIpc) is 2.99. The number of rotatable bonds is 4. The minimum absolute atomic E-state index is 0.00489. The fourth-order valence-corrected chi connectivity index (χ4v) is 5.08. The van der Waals surface area contributed by atoms with Gasteiger partial charge in [-0.2, -0.15) is 0 Å². The van der Waals surface area contributed by atoms with Gasteiger partial charge in [0.05, 0.1) is 36.8 Å². The summed E-state index contributed by atoms with van der Waals surface area (Å²) < 4.78 is 33.8. The second-order valence-electron chi connectivity index (χ2n) is 6.25. The highest BCUT2D eigenvalue weighted by atomic mass is 32.2. The number of amides is 1. The van der Waals surface area contributed by atoms with Crippen LogP contribution in [0.4, 0.5) is 0 Å². The molecule has 0 radical (unpaired) electrons. The van der Waals surface area contributed by atoms with E-state index in [2.05, 4.69) is 5.32 Å². The number of ether oxygens (including phenoxy) is 1. The molecule has 0 aliphatic carbocycles. The van der Waals surface area contributed by atoms with E-state index in [9.17, 15) is 13.2 Å². The minimum atomic E-state index is -3.05. The van der Waals surface area contributed by atoms with Crippen LogP contribution in [-0.4, -0.2) is 38.5 Å². The number of nitrogens with one attached hydrogen (secondary N) is 1. The van der Waals surface area contributed by atoms with Crippen molar-refractivity contribution in [3.05, 3.63) is 30.0 Å². The minimum Gasteiger partial charge on any atom is -0.497 e. The normalized spacial score (nSPS) is 23.0. The molecule has 1 aliphatic rings. The third kappa shape index (κ3) is 3.34. The van der Waals surface area contributed by atoms with E-state index in [1.165, 1.54) is 0 Å². The number of hydrogen-bond donors (Lipinski definition) is 1. The average molecular weight is 337 g/mol. The molecule has 3 rings (SSSR count). The standard InChI is InChI=1S/C16H19NO5S/c1-16(5-6-23(19,20)10-16)17-15(18)7-11-9-22-14-8-12(21-2)3-4-13(11)14/h3-4,8-9H,5-7,10H2,1-2H3,(H,17,18)/t16-/m1/s1. The van der Waals surface area contributed by atoms with Crippen LogP contribution in [0.1, 0.15) is 18.9 Å². The summed E-state index contributed by atoms with van der Waals surface area (Å²) in [4.78, 5) is 12.3. The molecule has 0 bridgehead atoms. The second kappa shape index (κ2) is 5.56. The maximum atomic E-state index is 12.3. The van der Waals surface area contributed by atoms with Crippen molar-refractivity contribution in [3.63, 3.8) is 0 Å². The Morgan fingerprint density at radius 2 is 2.22 bits per heavy atom. The van der Waals surface area contributed by atoms with Crippen molar-refractivity contribution in [1.29, 1.82) is 0 Å². The van der Waals surface area contributed by atoms with E-state index in [4.69, 9.17) is 9.15 Å². The molecule has 1 amide bonds. The smallest absolute Gasteiger partial charge is 0.225 e. The Bertz CT molecular complexity index is 854. The number of carbonyl (C=O) groups is 1. The number of methoxy groups -OCH3 is 1. The van der Waals surface area contributed by atoms with Crippen LogP contribution in [0.25, 0.3) is 11.0 Å². The first-order chi connectivity index (χ1) is 10.8. The molecule has 124 valence electrons. The molecular weight excluding hydrogens is 318 g/mol. The molecule has 1 aliphatic heterocycles. The Kier molecular flexibility index (Phi) is 3.83. The Morgan fingerprint density at radius 1 is 1.43 bits per heavy atom. The molecular formula is C16H19NO5S. The van der Waals surface area contributed by atoms with Gasteiger partial charge in [0.1, 0.15) is 11.3 Å². The van der Waals surface area contributed by atoms with Crippen molar-refractivity contribution in [2.24, 2.45) is 0 Å². The molecule has 1 saturated heterocycles. The van der Waals surface area contributed by atoms with E-state index < -0.39 is 15.4 Å². The molecule has 1 aromatic carbocycles. The van der Waals surface area contributed by atoms with Crippen molar-refractivity contribution >= 4 is 26.7 Å². The van der Waals surface area contributed by atoms with Crippen LogP contribution in [0.15, 0.2) is 28.9 Å². The number of benzene rings is 1. The summed E-state index contributed by atoms with van der Waals surface area (Å²) in [5.41, 5.74) is 0.741. The zero-order chi connectivity index (χ0) is 16.7. The van der Waals surface area contributed by atoms with E-state index in [0.717, 1.165) is 10.9 Å². The third-order valence-corrected chi connectivity index (χ3v) is 6.06. The van der Waals surface area contributed by atoms with Crippen LogP contribution < -0.4 is 10.1 Å². The zero-order valence-electron chi connectivity index (χ0n) is 13.1. The molecule has 0 unspecified atom stereocenters. The van der Waals surface area contributed by atoms with E-state index in [1.54, 1.807) is 26.4 Å². The van der Waals surface area contributed by atoms with Gasteiger partial charge in [0.2, 0.25) is 5.91 Å². The Labute approximate surface area is 134 Å². The summed E-state index contributed by atoms with van der Waals surface area (Å²) in [5.74, 6) is 0.599. The molecule has 1 atom stereocenters. The number of furan rings is 1. The summed E-state index contributed by atoms with van der Waals surface area (Å²) in [5, 5.41) is 3.70. The summed E-state index contributed by atoms with van der Waals surface area (Å²) >= 11 is 0. The highest BCUT2D eigenvalue weighted by Crippen LogP contribution is 2.27. The molecule has 0 spiro atoms. The molecule has 7 heteroatoms. The fraction of sp³-hybridized carbons (Fsp3) is 0.438. The van der Waals surface area contributed by atoms with Gasteiger partial charge in [0, 0.05) is 17.0 Å². The summed E-state index contributed by atoms with van der Waals surface area (Å²) in [7, 11) is -1.47. The maximum absolute atomic E-state index is 12.3. The quantitative estimate of drug-likeness (QED) is 0.917. The summed E-state index contributed by atoms with van der Waals surface area (Å²) in [6.45, 7) is 1.77. The van der Waals surface area contributed by atoms with E-state index in [-0.39, 0.29) is 23.8 Å². The third-order valence-electron chi connectivity index (χ3n) is 4.16. The Morgan fingerprint density at radius 3 is 2.87 bits per heavy atom. The van der Waals surface area contributed by atoms with Crippen LogP contribution in [0, 0.1) is 0 Å². The zero-order valence-corrected chi connectivity index (χ0v) is 13.9. The van der Waals surface area contributed by atoms with E-state index >= 15 is 0 Å². The van der Waals surface area contributed by atoms with Crippen molar-refractivity contribution in [3.8, 4) is 5.75 Å². The van der Waals surface area contributed by atoms with Crippen molar-refractivity contribution in [2.45, 2.75) is 25.3 Å². The lowest BCUT2D eigenvalue weighted by Gasteiger charge is -2.23. The molecule has 0 saturated carbocycles. The van der Waals surface area contributed by atoms with Crippen LogP contribution >= 0.6 is 0 Å². The van der Waals surface area contributed by atoms with Crippen LogP contribution in [-0.2, 0) is 21.1 Å². The molecule has 1 aromatic heterocycles. The summed E-state index contributed by atoms with van der Waals surface area (Å²) in [6, 6.07) is 5.42. The van der Waals surface area contributed by atoms with E-state index in [0.29, 0.717) is 17.8 Å². The first-order valence-corrected chi connectivity index (χ1v) is 9.18. The lowest BCUT2D eigenvalue weighted by Crippen LogP contribution is -2.47.